The molecule has 218 valence electrons. The Hall–Kier alpha value is -2.93. The molecule has 0 spiro atoms. The van der Waals surface area contributed by atoms with Gasteiger partial charge in [-0.25, -0.2) is 9.69 Å². The molecule has 41 heavy (non-hydrogen) atoms. The van der Waals surface area contributed by atoms with E-state index in [0.29, 0.717) is 38.3 Å². The number of carbonyl (C=O) groups excluding carboxylic acids is 1. The number of methoxy groups -OCH3 is 1. The Balaban J connectivity index is 1.70. The molecule has 0 bridgehead atoms. The maximum absolute atomic E-state index is 13.7. The molecule has 1 saturated heterocycles. The Morgan fingerprint density at radius 1 is 1.05 bits per heavy atom. The summed E-state index contributed by atoms with van der Waals surface area (Å²) in [6.45, 7) is 1.50. The number of piperidine rings is 1. The number of nitrogens with one attached hydrogen (secondary N) is 1. The maximum Gasteiger partial charge on any atom is 0.286 e. The Bertz CT molecular complexity index is 1580. The van der Waals surface area contributed by atoms with Crippen LogP contribution in [0.4, 0.5) is 0 Å². The quantitative estimate of drug-likeness (QED) is 0.419. The van der Waals surface area contributed by atoms with Crippen molar-refractivity contribution < 1.29 is 17.9 Å². The fourth-order valence-electron chi connectivity index (χ4n) is 5.05. The summed E-state index contributed by atoms with van der Waals surface area (Å²) in [5, 5.41) is 7.44. The zero-order chi connectivity index (χ0) is 29.3. The van der Waals surface area contributed by atoms with Crippen LogP contribution >= 0.6 is 23.2 Å². The van der Waals surface area contributed by atoms with E-state index < -0.39 is 16.1 Å². The molecular formula is C28H32Cl2N6O4S. The number of aromatic nitrogens is 2. The fraction of sp³-hybridized carbons (Fsp3) is 0.357. The third-order valence-electron chi connectivity index (χ3n) is 7.18. The summed E-state index contributed by atoms with van der Waals surface area (Å²) in [6.07, 6.45) is 4.97. The van der Waals surface area contributed by atoms with Crippen LogP contribution in [-0.4, -0.2) is 78.6 Å². The van der Waals surface area contributed by atoms with Crippen molar-refractivity contribution in [3.63, 3.8) is 0 Å². The summed E-state index contributed by atoms with van der Waals surface area (Å²) in [6, 6.07) is 12.5. The zero-order valence-electron chi connectivity index (χ0n) is 23.1. The molecule has 10 nitrogen and oxygen atoms in total. The van der Waals surface area contributed by atoms with Crippen LogP contribution in [-0.2, 0) is 16.8 Å². The van der Waals surface area contributed by atoms with Gasteiger partial charge in [-0.2, -0.15) is 22.1 Å². The van der Waals surface area contributed by atoms with E-state index in [1.807, 2.05) is 35.4 Å². The van der Waals surface area contributed by atoms with Crippen LogP contribution in [0.15, 0.2) is 42.5 Å². The average molecular weight is 620 g/mol. The number of fused-ring (bicyclic) bond motifs is 1. The van der Waals surface area contributed by atoms with E-state index in [9.17, 15) is 13.2 Å². The van der Waals surface area contributed by atoms with Gasteiger partial charge in [-0.3, -0.25) is 10.2 Å². The molecule has 1 amide bonds. The summed E-state index contributed by atoms with van der Waals surface area (Å²) in [4.78, 5) is 13.7. The summed E-state index contributed by atoms with van der Waals surface area (Å²) in [7, 11) is 0.728. The van der Waals surface area contributed by atoms with Crippen LogP contribution in [0.2, 0.25) is 10.0 Å². The van der Waals surface area contributed by atoms with Crippen LogP contribution in [0.5, 0.6) is 5.75 Å². The van der Waals surface area contributed by atoms with Gasteiger partial charge in [0.15, 0.2) is 5.69 Å². The van der Waals surface area contributed by atoms with Gasteiger partial charge in [0, 0.05) is 50.9 Å². The van der Waals surface area contributed by atoms with Crippen molar-refractivity contribution in [2.45, 2.75) is 25.8 Å². The molecule has 0 aliphatic carbocycles. The third-order valence-corrected chi connectivity index (χ3v) is 9.55. The van der Waals surface area contributed by atoms with E-state index in [0.717, 1.165) is 42.2 Å². The van der Waals surface area contributed by atoms with E-state index in [2.05, 4.69) is 5.43 Å². The fourth-order valence-corrected chi connectivity index (χ4v) is 6.59. The van der Waals surface area contributed by atoms with Crippen molar-refractivity contribution in [3.05, 3.63) is 75.0 Å². The van der Waals surface area contributed by atoms with Gasteiger partial charge in [0.25, 0.3) is 16.1 Å². The molecule has 13 heteroatoms. The first kappa shape index (κ1) is 29.6. The first-order valence-electron chi connectivity index (χ1n) is 13.2. The van der Waals surface area contributed by atoms with Crippen LogP contribution < -0.4 is 10.2 Å². The van der Waals surface area contributed by atoms with E-state index in [1.165, 1.54) is 18.4 Å². The van der Waals surface area contributed by atoms with Gasteiger partial charge < -0.3 is 4.74 Å². The first-order valence-corrected chi connectivity index (χ1v) is 15.4. The predicted octanol–water partition coefficient (Wildman–Crippen LogP) is 4.48. The summed E-state index contributed by atoms with van der Waals surface area (Å²) >= 11 is 12.8. The Morgan fingerprint density at radius 2 is 1.76 bits per heavy atom. The number of rotatable bonds is 7. The van der Waals surface area contributed by atoms with Crippen LogP contribution in [0, 0.1) is 0 Å². The van der Waals surface area contributed by atoms with Gasteiger partial charge >= 0.3 is 0 Å². The number of hydrogen-bond donors (Lipinski definition) is 1. The smallest absolute Gasteiger partial charge is 0.286 e. The highest BCUT2D eigenvalue weighted by atomic mass is 35.5. The molecule has 2 aliphatic heterocycles. The largest absolute Gasteiger partial charge is 0.497 e. The number of ether oxygens (including phenoxy) is 1. The lowest BCUT2D eigenvalue weighted by atomic mass is 9.99. The van der Waals surface area contributed by atoms with Crippen LogP contribution in [0.3, 0.4) is 0 Å². The minimum absolute atomic E-state index is 0.0379. The zero-order valence-corrected chi connectivity index (χ0v) is 25.4. The number of nitrogens with zero attached hydrogens (tertiary/aromatic N) is 5. The topological polar surface area (TPSA) is 100 Å². The number of amides is 1. The summed E-state index contributed by atoms with van der Waals surface area (Å²) in [5.41, 5.74) is 6.21. The first-order chi connectivity index (χ1) is 19.6. The minimum Gasteiger partial charge on any atom is -0.497 e. The second-order valence-corrected chi connectivity index (χ2v) is 13.2. The number of halogens is 2. The van der Waals surface area contributed by atoms with Crippen molar-refractivity contribution in [3.8, 4) is 11.4 Å². The van der Waals surface area contributed by atoms with Gasteiger partial charge in [0.05, 0.1) is 23.5 Å². The van der Waals surface area contributed by atoms with Crippen molar-refractivity contribution in [2.75, 3.05) is 40.8 Å². The molecule has 0 atom stereocenters. The molecule has 1 aromatic heterocycles. The Kier molecular flexibility index (Phi) is 8.74. The monoisotopic (exact) mass is 618 g/mol. The SMILES string of the molecule is COc1ccc(/C=C2\CN(S(=O)(=O)N(C)C)Cc3c(C(=O)NN4CCCCC4)nn(-c4ccc(Cl)cc4Cl)c32)cc1. The van der Waals surface area contributed by atoms with Gasteiger partial charge in [0.1, 0.15) is 5.75 Å². The minimum atomic E-state index is -3.83. The lowest BCUT2D eigenvalue weighted by molar-refractivity contribution is 0.0742. The lowest BCUT2D eigenvalue weighted by Crippen LogP contribution is -2.46. The second kappa shape index (κ2) is 12.1. The lowest BCUT2D eigenvalue weighted by Gasteiger charge is -2.31. The van der Waals surface area contributed by atoms with Gasteiger partial charge in [0.2, 0.25) is 0 Å². The molecule has 0 saturated carbocycles. The third kappa shape index (κ3) is 6.15. The Labute approximate surface area is 250 Å². The molecule has 2 aliphatic rings. The molecule has 0 unspecified atom stereocenters. The molecule has 3 heterocycles. The highest BCUT2D eigenvalue weighted by Gasteiger charge is 2.37. The molecule has 1 N–H and O–H groups in total. The molecule has 2 aromatic carbocycles. The number of benzene rings is 2. The standard InChI is InChI=1S/C28H32Cl2N6O4S/c1-33(2)41(38,39)35-17-20(15-19-7-10-22(40-3)11-8-19)27-23(18-35)26(28(37)32-34-13-5-4-6-14-34)31-36(27)25-12-9-21(29)16-24(25)30/h7-12,15-16H,4-6,13-14,17-18H2,1-3H3,(H,32,37)/b20-15+. The average Bonchev–Trinajstić information content (AvgIpc) is 3.34. The molecule has 1 fully saturated rings. The van der Waals surface area contributed by atoms with Gasteiger partial charge in [-0.05, 0) is 60.4 Å². The summed E-state index contributed by atoms with van der Waals surface area (Å²) in [5.74, 6) is 0.294. The van der Waals surface area contributed by atoms with Crippen molar-refractivity contribution in [2.24, 2.45) is 0 Å². The number of hydrogen-bond acceptors (Lipinski definition) is 6. The van der Waals surface area contributed by atoms with Crippen molar-refractivity contribution in [1.82, 2.24) is 28.8 Å². The van der Waals surface area contributed by atoms with Crippen LogP contribution in [0.1, 0.15) is 46.6 Å². The molecular weight excluding hydrogens is 587 g/mol. The maximum atomic E-state index is 13.7. The van der Waals surface area contributed by atoms with E-state index in [1.54, 1.807) is 30.0 Å². The summed E-state index contributed by atoms with van der Waals surface area (Å²) < 4.78 is 36.2. The molecule has 3 aromatic rings. The highest BCUT2D eigenvalue weighted by molar-refractivity contribution is 7.86. The highest BCUT2D eigenvalue weighted by Crippen LogP contribution is 2.37. The van der Waals surface area contributed by atoms with E-state index in [4.69, 9.17) is 33.0 Å². The van der Waals surface area contributed by atoms with Crippen molar-refractivity contribution in [1.29, 1.82) is 0 Å². The van der Waals surface area contributed by atoms with E-state index >= 15 is 0 Å². The molecule has 5 rings (SSSR count). The normalized spacial score (nSPS) is 17.6. The number of hydrazine groups is 1. The van der Waals surface area contributed by atoms with E-state index in [-0.39, 0.29) is 18.8 Å². The van der Waals surface area contributed by atoms with Crippen LogP contribution in [0.25, 0.3) is 17.3 Å². The number of carbonyl (C=O) groups is 1. The Morgan fingerprint density at radius 3 is 2.39 bits per heavy atom. The molecule has 0 radical (unpaired) electrons. The second-order valence-electron chi connectivity index (χ2n) is 10.2. The van der Waals surface area contributed by atoms with Gasteiger partial charge in [-0.1, -0.05) is 41.8 Å². The van der Waals surface area contributed by atoms with Crippen molar-refractivity contribution >= 4 is 51.0 Å². The van der Waals surface area contributed by atoms with Gasteiger partial charge in [-0.15, -0.1) is 0 Å². The predicted molar refractivity (Wildman–Crippen MR) is 160 cm³/mol.